The molecule has 0 saturated carbocycles. The van der Waals surface area contributed by atoms with Gasteiger partial charge in [0.05, 0.1) is 19.6 Å². The molecule has 0 amide bonds. The van der Waals surface area contributed by atoms with Crippen LogP contribution >= 0.6 is 11.3 Å². The number of aryl methyl sites for hydroxylation is 1. The molecule has 2 N–H and O–H groups in total. The third kappa shape index (κ3) is 2.17. The Morgan fingerprint density at radius 3 is 2.52 bits per heavy atom. The van der Waals surface area contributed by atoms with Gasteiger partial charge in [-0.25, -0.2) is 9.97 Å². The van der Waals surface area contributed by atoms with Crippen LogP contribution in [0.4, 0.5) is 5.82 Å². The molecule has 0 bridgehead atoms. The van der Waals surface area contributed by atoms with Gasteiger partial charge in [0.25, 0.3) is 0 Å². The van der Waals surface area contributed by atoms with Gasteiger partial charge in [-0.1, -0.05) is 0 Å². The molecule has 0 aliphatic carbocycles. The fourth-order valence-electron chi connectivity index (χ4n) is 2.35. The summed E-state index contributed by atoms with van der Waals surface area (Å²) in [5.74, 6) is 1.92. The maximum Gasteiger partial charge on any atom is 0.161 e. The summed E-state index contributed by atoms with van der Waals surface area (Å²) in [5.41, 5.74) is 8.09. The molecular weight excluding hydrogens is 286 g/mol. The van der Waals surface area contributed by atoms with E-state index in [-0.39, 0.29) is 0 Å². The normalized spacial score (nSPS) is 10.8. The summed E-state index contributed by atoms with van der Waals surface area (Å²) in [4.78, 5) is 10.4. The largest absolute Gasteiger partial charge is 0.493 e. The van der Waals surface area contributed by atoms with Crippen LogP contribution in [-0.2, 0) is 0 Å². The van der Waals surface area contributed by atoms with E-state index in [1.54, 1.807) is 25.6 Å². The maximum atomic E-state index is 5.96. The van der Waals surface area contributed by atoms with Crippen LogP contribution in [0.1, 0.15) is 5.56 Å². The summed E-state index contributed by atoms with van der Waals surface area (Å²) < 4.78 is 10.6. The fraction of sp³-hybridized carbons (Fsp3) is 0.200. The summed E-state index contributed by atoms with van der Waals surface area (Å²) in [7, 11) is 3.25. The van der Waals surface area contributed by atoms with Gasteiger partial charge in [-0.05, 0) is 36.2 Å². The monoisotopic (exact) mass is 301 g/mol. The van der Waals surface area contributed by atoms with Gasteiger partial charge in [0.15, 0.2) is 11.5 Å². The van der Waals surface area contributed by atoms with E-state index >= 15 is 0 Å². The number of nitrogens with zero attached hydrogens (tertiary/aromatic N) is 2. The number of hydrogen-bond donors (Lipinski definition) is 1. The van der Waals surface area contributed by atoms with Crippen LogP contribution in [0.3, 0.4) is 0 Å². The van der Waals surface area contributed by atoms with Crippen molar-refractivity contribution in [1.82, 2.24) is 9.97 Å². The number of nitrogen functional groups attached to an aromatic ring is 1. The third-order valence-corrected chi connectivity index (χ3v) is 4.65. The second-order valence-corrected chi connectivity index (χ2v) is 5.56. The highest BCUT2D eigenvalue weighted by molar-refractivity contribution is 7.22. The molecule has 0 spiro atoms. The lowest BCUT2D eigenvalue weighted by Gasteiger charge is -2.09. The lowest BCUT2D eigenvalue weighted by atomic mass is 10.1. The molecule has 21 heavy (non-hydrogen) atoms. The van der Waals surface area contributed by atoms with Crippen molar-refractivity contribution in [3.63, 3.8) is 0 Å². The molecular formula is C15H15N3O2S. The molecule has 5 nitrogen and oxygen atoms in total. The predicted octanol–water partition coefficient (Wildman–Crippen LogP) is 3.27. The van der Waals surface area contributed by atoms with Crippen molar-refractivity contribution in [3.8, 4) is 21.9 Å². The van der Waals surface area contributed by atoms with Gasteiger partial charge in [0, 0.05) is 4.88 Å². The number of ether oxygens (including phenoxy) is 2. The van der Waals surface area contributed by atoms with E-state index < -0.39 is 0 Å². The topological polar surface area (TPSA) is 70.3 Å². The van der Waals surface area contributed by atoms with Crippen molar-refractivity contribution in [3.05, 3.63) is 30.1 Å². The number of anilines is 1. The quantitative estimate of drug-likeness (QED) is 0.804. The predicted molar refractivity (Wildman–Crippen MR) is 85.1 cm³/mol. The van der Waals surface area contributed by atoms with Crippen LogP contribution in [0.15, 0.2) is 24.5 Å². The van der Waals surface area contributed by atoms with Crippen molar-refractivity contribution >= 4 is 27.4 Å². The van der Waals surface area contributed by atoms with E-state index in [0.717, 1.165) is 26.2 Å². The first-order valence-corrected chi connectivity index (χ1v) is 7.19. The zero-order valence-electron chi connectivity index (χ0n) is 12.0. The highest BCUT2D eigenvalue weighted by Gasteiger charge is 2.15. The Labute approximate surface area is 126 Å². The van der Waals surface area contributed by atoms with Crippen molar-refractivity contribution in [1.29, 1.82) is 0 Å². The summed E-state index contributed by atoms with van der Waals surface area (Å²) in [6, 6.07) is 5.86. The second kappa shape index (κ2) is 5.21. The number of nitrogens with two attached hydrogens (primary N) is 1. The van der Waals surface area contributed by atoms with E-state index in [4.69, 9.17) is 15.2 Å². The van der Waals surface area contributed by atoms with Gasteiger partial charge in [0.2, 0.25) is 0 Å². The number of methoxy groups -OCH3 is 2. The van der Waals surface area contributed by atoms with Gasteiger partial charge >= 0.3 is 0 Å². The van der Waals surface area contributed by atoms with Crippen molar-refractivity contribution < 1.29 is 9.47 Å². The van der Waals surface area contributed by atoms with E-state index in [1.165, 1.54) is 6.33 Å². The molecule has 0 aliphatic heterocycles. The molecule has 0 radical (unpaired) electrons. The van der Waals surface area contributed by atoms with Crippen molar-refractivity contribution in [2.75, 3.05) is 20.0 Å². The Bertz CT molecular complexity index is 814. The van der Waals surface area contributed by atoms with Gasteiger partial charge in [-0.15, -0.1) is 11.3 Å². The van der Waals surface area contributed by atoms with E-state index in [1.807, 2.05) is 25.1 Å². The summed E-state index contributed by atoms with van der Waals surface area (Å²) >= 11 is 1.60. The van der Waals surface area contributed by atoms with Crippen LogP contribution in [0.25, 0.3) is 20.7 Å². The summed E-state index contributed by atoms with van der Waals surface area (Å²) in [6.07, 6.45) is 1.49. The van der Waals surface area contributed by atoms with Crippen LogP contribution in [-0.4, -0.2) is 24.2 Å². The van der Waals surface area contributed by atoms with E-state index in [0.29, 0.717) is 17.3 Å². The lowest BCUT2D eigenvalue weighted by Crippen LogP contribution is -1.92. The van der Waals surface area contributed by atoms with Gasteiger partial charge in [-0.2, -0.15) is 0 Å². The maximum absolute atomic E-state index is 5.96. The Morgan fingerprint density at radius 1 is 1.10 bits per heavy atom. The fourth-order valence-corrected chi connectivity index (χ4v) is 3.50. The number of benzene rings is 1. The molecule has 108 valence electrons. The molecule has 6 heteroatoms. The molecule has 1 aromatic carbocycles. The van der Waals surface area contributed by atoms with E-state index in [9.17, 15) is 0 Å². The average molecular weight is 301 g/mol. The average Bonchev–Trinajstić information content (AvgIpc) is 2.85. The molecule has 0 saturated heterocycles. The molecule has 0 unspecified atom stereocenters. The minimum absolute atomic E-state index is 0.514. The zero-order chi connectivity index (χ0) is 15.0. The first kappa shape index (κ1) is 13.6. The van der Waals surface area contributed by atoms with Gasteiger partial charge < -0.3 is 15.2 Å². The number of aromatic nitrogens is 2. The summed E-state index contributed by atoms with van der Waals surface area (Å²) in [5, 5.41) is 0.923. The molecule has 2 aromatic heterocycles. The Hall–Kier alpha value is -2.34. The van der Waals surface area contributed by atoms with Crippen LogP contribution in [0.5, 0.6) is 11.5 Å². The standard InChI is InChI=1S/C15H15N3O2S/c1-8-12-14(16)17-7-18-15(12)21-13(8)9-4-5-10(19-2)11(6-9)20-3/h4-7H,1-3H3,(H2,16,17,18). The number of thiophene rings is 1. The van der Waals surface area contributed by atoms with Crippen LogP contribution in [0.2, 0.25) is 0 Å². The highest BCUT2D eigenvalue weighted by atomic mass is 32.1. The first-order valence-electron chi connectivity index (χ1n) is 6.37. The number of hydrogen-bond acceptors (Lipinski definition) is 6. The van der Waals surface area contributed by atoms with Gasteiger partial charge in [0.1, 0.15) is 17.0 Å². The minimum Gasteiger partial charge on any atom is -0.493 e. The Morgan fingerprint density at radius 2 is 1.86 bits per heavy atom. The molecule has 0 fully saturated rings. The molecule has 0 aliphatic rings. The minimum atomic E-state index is 0.514. The highest BCUT2D eigenvalue weighted by Crippen LogP contribution is 2.41. The third-order valence-electron chi connectivity index (χ3n) is 3.40. The number of fused-ring (bicyclic) bond motifs is 1. The first-order chi connectivity index (χ1) is 10.2. The van der Waals surface area contributed by atoms with E-state index in [2.05, 4.69) is 9.97 Å². The molecule has 3 rings (SSSR count). The van der Waals surface area contributed by atoms with Crippen molar-refractivity contribution in [2.45, 2.75) is 6.92 Å². The Kier molecular flexibility index (Phi) is 3.39. The lowest BCUT2D eigenvalue weighted by molar-refractivity contribution is 0.355. The molecule has 3 aromatic rings. The number of rotatable bonds is 3. The SMILES string of the molecule is COc1ccc(-c2sc3ncnc(N)c3c2C)cc1OC. The van der Waals surface area contributed by atoms with Crippen LogP contribution < -0.4 is 15.2 Å². The summed E-state index contributed by atoms with van der Waals surface area (Å²) in [6.45, 7) is 2.03. The zero-order valence-corrected chi connectivity index (χ0v) is 12.8. The smallest absolute Gasteiger partial charge is 0.161 e. The van der Waals surface area contributed by atoms with Gasteiger partial charge in [-0.3, -0.25) is 0 Å². The van der Waals surface area contributed by atoms with Crippen LogP contribution in [0, 0.1) is 6.92 Å². The molecule has 2 heterocycles. The second-order valence-electron chi connectivity index (χ2n) is 4.57. The van der Waals surface area contributed by atoms with Crippen molar-refractivity contribution in [2.24, 2.45) is 0 Å². The Balaban J connectivity index is 2.21. The molecule has 0 atom stereocenters.